The molecule has 36 heavy (non-hydrogen) atoms. The van der Waals surface area contributed by atoms with E-state index in [1.54, 1.807) is 48.5 Å². The van der Waals surface area contributed by atoms with Crippen molar-refractivity contribution in [2.75, 3.05) is 10.2 Å². The molecule has 0 radical (unpaired) electrons. The number of benzene rings is 3. The fraction of sp³-hybridized carbons (Fsp3) is 0.233. The SMILES string of the molecule is CC1=CC[C@@H]2C(=O)N(c3ccccc3C(=O)Nc3ccc(Oc4cccc(C)c4C)cc3)C(=O)[C@@H]2C1. The summed E-state index contributed by atoms with van der Waals surface area (Å²) < 4.78 is 6.00. The molecule has 0 spiro atoms. The average Bonchev–Trinajstić information content (AvgIpc) is 3.12. The van der Waals surface area contributed by atoms with Gasteiger partial charge >= 0.3 is 0 Å². The van der Waals surface area contributed by atoms with E-state index in [0.717, 1.165) is 22.4 Å². The predicted octanol–water partition coefficient (Wildman–Crippen LogP) is 6.19. The Kier molecular flexibility index (Phi) is 6.18. The topological polar surface area (TPSA) is 75.7 Å². The highest BCUT2D eigenvalue weighted by molar-refractivity contribution is 6.25. The van der Waals surface area contributed by atoms with Crippen LogP contribution in [0.5, 0.6) is 11.5 Å². The number of nitrogens with one attached hydrogen (secondary N) is 1. The van der Waals surface area contributed by atoms with Crippen LogP contribution in [0.1, 0.15) is 41.3 Å². The van der Waals surface area contributed by atoms with Crippen LogP contribution in [0.25, 0.3) is 0 Å². The van der Waals surface area contributed by atoms with Crippen LogP contribution in [0.4, 0.5) is 11.4 Å². The lowest BCUT2D eigenvalue weighted by Crippen LogP contribution is -2.33. The zero-order valence-electron chi connectivity index (χ0n) is 20.6. The minimum atomic E-state index is -0.390. The second kappa shape index (κ2) is 9.46. The fourth-order valence-electron chi connectivity index (χ4n) is 4.90. The number of allylic oxidation sites excluding steroid dienone is 2. The number of ether oxygens (including phenoxy) is 1. The van der Waals surface area contributed by atoms with Gasteiger partial charge in [0.2, 0.25) is 11.8 Å². The summed E-state index contributed by atoms with van der Waals surface area (Å²) in [6.07, 6.45) is 3.17. The van der Waals surface area contributed by atoms with Gasteiger partial charge in [0.05, 0.1) is 23.1 Å². The van der Waals surface area contributed by atoms with Crippen LogP contribution in [-0.4, -0.2) is 17.7 Å². The summed E-state index contributed by atoms with van der Waals surface area (Å²) in [6.45, 7) is 6.03. The molecule has 0 aromatic heterocycles. The molecule has 5 rings (SSSR count). The summed E-state index contributed by atoms with van der Waals surface area (Å²) in [5.74, 6) is -0.134. The Morgan fingerprint density at radius 1 is 0.889 bits per heavy atom. The third-order valence-electron chi connectivity index (χ3n) is 7.11. The molecule has 1 aliphatic carbocycles. The number of carbonyl (C=O) groups is 3. The number of hydrogen-bond donors (Lipinski definition) is 1. The molecule has 1 fully saturated rings. The highest BCUT2D eigenvalue weighted by Crippen LogP contribution is 2.40. The van der Waals surface area contributed by atoms with E-state index in [9.17, 15) is 14.4 Å². The lowest BCUT2D eigenvalue weighted by atomic mass is 9.82. The Morgan fingerprint density at radius 2 is 1.61 bits per heavy atom. The molecule has 1 heterocycles. The molecule has 1 saturated heterocycles. The first-order valence-electron chi connectivity index (χ1n) is 12.1. The number of carbonyl (C=O) groups excluding carboxylic acids is 3. The average molecular weight is 481 g/mol. The molecule has 1 N–H and O–H groups in total. The molecule has 6 heteroatoms. The number of fused-ring (bicyclic) bond motifs is 1. The van der Waals surface area contributed by atoms with Gasteiger partial charge in [0, 0.05) is 5.69 Å². The van der Waals surface area contributed by atoms with E-state index in [2.05, 4.69) is 5.32 Å². The molecule has 1 aliphatic heterocycles. The first-order valence-corrected chi connectivity index (χ1v) is 12.1. The lowest BCUT2D eigenvalue weighted by molar-refractivity contribution is -0.122. The lowest BCUT2D eigenvalue weighted by Gasteiger charge is -2.19. The summed E-state index contributed by atoms with van der Waals surface area (Å²) >= 11 is 0. The van der Waals surface area contributed by atoms with E-state index in [-0.39, 0.29) is 29.2 Å². The number of amides is 3. The van der Waals surface area contributed by atoms with Gasteiger partial charge in [-0.05, 0) is 87.2 Å². The summed E-state index contributed by atoms with van der Waals surface area (Å²) in [7, 11) is 0. The number of hydrogen-bond acceptors (Lipinski definition) is 4. The van der Waals surface area contributed by atoms with Crippen molar-refractivity contribution in [2.24, 2.45) is 11.8 Å². The van der Waals surface area contributed by atoms with Gasteiger partial charge in [0.1, 0.15) is 11.5 Å². The quantitative estimate of drug-likeness (QED) is 0.349. The van der Waals surface area contributed by atoms with Crippen LogP contribution in [0, 0.1) is 25.7 Å². The van der Waals surface area contributed by atoms with Crippen LogP contribution in [0.15, 0.2) is 78.4 Å². The molecular weight excluding hydrogens is 452 g/mol. The first kappa shape index (κ1) is 23.5. The van der Waals surface area contributed by atoms with E-state index < -0.39 is 5.91 Å². The molecule has 3 amide bonds. The Hall–Kier alpha value is -4.19. The van der Waals surface area contributed by atoms with Gasteiger partial charge in [-0.1, -0.05) is 35.9 Å². The van der Waals surface area contributed by atoms with Gasteiger partial charge in [0.25, 0.3) is 5.91 Å². The zero-order chi connectivity index (χ0) is 25.4. The Labute approximate surface area is 210 Å². The molecule has 0 bridgehead atoms. The summed E-state index contributed by atoms with van der Waals surface area (Å²) in [4.78, 5) is 40.8. The molecule has 0 unspecified atom stereocenters. The Bertz CT molecular complexity index is 1390. The van der Waals surface area contributed by atoms with Gasteiger partial charge in [-0.3, -0.25) is 14.4 Å². The number of rotatable bonds is 5. The maximum absolute atomic E-state index is 13.2. The van der Waals surface area contributed by atoms with Crippen molar-refractivity contribution in [3.8, 4) is 11.5 Å². The van der Waals surface area contributed by atoms with Gasteiger partial charge in [-0.2, -0.15) is 0 Å². The fourth-order valence-corrected chi connectivity index (χ4v) is 4.90. The maximum Gasteiger partial charge on any atom is 0.257 e. The van der Waals surface area contributed by atoms with Crippen molar-refractivity contribution in [3.63, 3.8) is 0 Å². The number of imide groups is 1. The molecule has 3 aromatic carbocycles. The second-order valence-electron chi connectivity index (χ2n) is 9.51. The van der Waals surface area contributed by atoms with Gasteiger partial charge < -0.3 is 10.1 Å². The largest absolute Gasteiger partial charge is 0.457 e. The van der Waals surface area contributed by atoms with E-state index in [0.29, 0.717) is 30.0 Å². The number of para-hydroxylation sites is 1. The molecular formula is C30H28N2O4. The second-order valence-corrected chi connectivity index (χ2v) is 9.51. The minimum Gasteiger partial charge on any atom is -0.457 e. The monoisotopic (exact) mass is 480 g/mol. The number of aryl methyl sites for hydroxylation is 1. The van der Waals surface area contributed by atoms with Crippen LogP contribution >= 0.6 is 0 Å². The molecule has 3 aromatic rings. The summed E-state index contributed by atoms with van der Waals surface area (Å²) in [5, 5.41) is 2.88. The highest BCUT2D eigenvalue weighted by Gasteiger charge is 2.49. The van der Waals surface area contributed by atoms with Crippen LogP contribution < -0.4 is 15.0 Å². The molecule has 2 atom stereocenters. The smallest absolute Gasteiger partial charge is 0.257 e. The van der Waals surface area contributed by atoms with E-state index in [1.807, 2.05) is 45.0 Å². The van der Waals surface area contributed by atoms with Gasteiger partial charge in [-0.15, -0.1) is 0 Å². The minimum absolute atomic E-state index is 0.231. The van der Waals surface area contributed by atoms with Gasteiger partial charge in [-0.25, -0.2) is 4.90 Å². The summed E-state index contributed by atoms with van der Waals surface area (Å²) in [5.41, 5.74) is 4.52. The third-order valence-corrected chi connectivity index (χ3v) is 7.11. The number of anilines is 2. The van der Waals surface area contributed by atoms with Crippen molar-refractivity contribution >= 4 is 29.1 Å². The van der Waals surface area contributed by atoms with Crippen LogP contribution in [0.3, 0.4) is 0 Å². The normalized spacial score (nSPS) is 19.1. The Balaban J connectivity index is 1.34. The van der Waals surface area contributed by atoms with Gasteiger partial charge in [0.15, 0.2) is 0 Å². The highest BCUT2D eigenvalue weighted by atomic mass is 16.5. The molecule has 2 aliphatic rings. The van der Waals surface area contributed by atoms with Crippen LogP contribution in [0.2, 0.25) is 0 Å². The third kappa shape index (κ3) is 4.31. The summed E-state index contributed by atoms with van der Waals surface area (Å²) in [6, 6.07) is 19.8. The zero-order valence-corrected chi connectivity index (χ0v) is 20.6. The first-order chi connectivity index (χ1) is 17.3. The maximum atomic E-state index is 13.2. The molecule has 0 saturated carbocycles. The standard InChI is InChI=1S/C30H28N2O4/c1-18-11-16-23-25(17-18)30(35)32(29(23)34)26-9-5-4-8-24(26)28(33)31-21-12-14-22(15-13-21)36-27-10-6-7-19(2)20(27)3/h4-15,23,25H,16-17H2,1-3H3,(H,31,33)/t23-,25+/m0/s1. The van der Waals surface area contributed by atoms with Crippen molar-refractivity contribution in [1.29, 1.82) is 0 Å². The van der Waals surface area contributed by atoms with E-state index in [4.69, 9.17) is 4.74 Å². The predicted molar refractivity (Wildman–Crippen MR) is 139 cm³/mol. The molecule has 182 valence electrons. The van der Waals surface area contributed by atoms with Crippen molar-refractivity contribution < 1.29 is 19.1 Å². The van der Waals surface area contributed by atoms with Crippen molar-refractivity contribution in [3.05, 3.63) is 95.1 Å². The number of nitrogens with zero attached hydrogens (tertiary/aromatic N) is 1. The Morgan fingerprint density at radius 3 is 2.39 bits per heavy atom. The van der Waals surface area contributed by atoms with Crippen molar-refractivity contribution in [2.45, 2.75) is 33.6 Å². The van der Waals surface area contributed by atoms with Crippen molar-refractivity contribution in [1.82, 2.24) is 0 Å². The van der Waals surface area contributed by atoms with E-state index >= 15 is 0 Å². The molecule has 6 nitrogen and oxygen atoms in total. The van der Waals surface area contributed by atoms with Crippen LogP contribution in [-0.2, 0) is 9.59 Å². The van der Waals surface area contributed by atoms with E-state index in [1.165, 1.54) is 4.90 Å².